The number of rotatable bonds is 3. The lowest BCUT2D eigenvalue weighted by Crippen LogP contribution is -2.67. The lowest BCUT2D eigenvalue weighted by atomic mass is 9.62. The van der Waals surface area contributed by atoms with E-state index in [4.69, 9.17) is 22.9 Å². The lowest BCUT2D eigenvalue weighted by molar-refractivity contribution is 0.0848. The molecule has 0 amide bonds. The molecule has 0 aliphatic heterocycles. The van der Waals surface area contributed by atoms with Gasteiger partial charge in [-0.1, -0.05) is 25.7 Å². The van der Waals surface area contributed by atoms with Crippen LogP contribution in [0.4, 0.5) is 0 Å². The SMILES string of the molecule is NCC(N)([C@@H]1CCCC[C@H]1N)[C@@H]1CCCC[C@H]1N. The normalized spacial score (nSPS) is 38.7. The Morgan fingerprint density at radius 2 is 1.17 bits per heavy atom. The maximum absolute atomic E-state index is 6.74. The van der Waals surface area contributed by atoms with E-state index in [1.165, 1.54) is 25.7 Å². The van der Waals surface area contributed by atoms with E-state index < -0.39 is 0 Å². The minimum absolute atomic E-state index is 0.210. The van der Waals surface area contributed by atoms with Crippen molar-refractivity contribution in [2.24, 2.45) is 34.8 Å². The summed E-state index contributed by atoms with van der Waals surface area (Å²) in [5.41, 5.74) is 25.1. The predicted octanol–water partition coefficient (Wildman–Crippen LogP) is 0.678. The highest BCUT2D eigenvalue weighted by atomic mass is 14.9. The molecule has 0 aromatic rings. The fourth-order valence-electron chi connectivity index (χ4n) is 4.23. The molecule has 0 saturated heterocycles. The van der Waals surface area contributed by atoms with Crippen LogP contribution in [0.1, 0.15) is 51.4 Å². The van der Waals surface area contributed by atoms with Crippen LogP contribution in [-0.4, -0.2) is 24.2 Å². The van der Waals surface area contributed by atoms with Crippen LogP contribution in [0.2, 0.25) is 0 Å². The quantitative estimate of drug-likeness (QED) is 0.594. The van der Waals surface area contributed by atoms with Gasteiger partial charge in [0.15, 0.2) is 0 Å². The van der Waals surface area contributed by atoms with Crippen molar-refractivity contribution in [3.63, 3.8) is 0 Å². The second kappa shape index (κ2) is 5.87. The minimum atomic E-state index is -0.348. The molecule has 0 aromatic carbocycles. The van der Waals surface area contributed by atoms with Gasteiger partial charge in [-0.05, 0) is 37.5 Å². The summed E-state index contributed by atoms with van der Waals surface area (Å²) in [6.07, 6.45) is 9.36. The second-order valence-corrected chi connectivity index (χ2v) is 6.43. The van der Waals surface area contributed by atoms with Gasteiger partial charge >= 0.3 is 0 Å². The molecular weight excluding hydrogens is 224 g/mol. The van der Waals surface area contributed by atoms with Crippen molar-refractivity contribution in [2.45, 2.75) is 69.0 Å². The van der Waals surface area contributed by atoms with Crippen molar-refractivity contribution < 1.29 is 0 Å². The zero-order valence-electron chi connectivity index (χ0n) is 11.5. The number of nitrogens with two attached hydrogens (primary N) is 4. The van der Waals surface area contributed by atoms with Gasteiger partial charge in [-0.25, -0.2) is 0 Å². The van der Waals surface area contributed by atoms with E-state index in [0.717, 1.165) is 25.7 Å². The molecule has 8 N–H and O–H groups in total. The largest absolute Gasteiger partial charge is 0.329 e. The summed E-state index contributed by atoms with van der Waals surface area (Å²) >= 11 is 0. The molecule has 2 saturated carbocycles. The monoisotopic (exact) mass is 254 g/mol. The molecule has 2 rings (SSSR count). The van der Waals surface area contributed by atoms with E-state index in [2.05, 4.69) is 0 Å². The van der Waals surface area contributed by atoms with Gasteiger partial charge in [0.2, 0.25) is 0 Å². The van der Waals surface area contributed by atoms with Crippen LogP contribution in [0.5, 0.6) is 0 Å². The van der Waals surface area contributed by atoms with Crippen molar-refractivity contribution in [1.82, 2.24) is 0 Å². The van der Waals surface area contributed by atoms with E-state index in [-0.39, 0.29) is 17.6 Å². The molecular formula is C14H30N4. The summed E-state index contributed by atoms with van der Waals surface area (Å²) in [6.45, 7) is 0.518. The highest BCUT2D eigenvalue weighted by Gasteiger charge is 2.46. The molecule has 0 unspecified atom stereocenters. The zero-order chi connectivity index (χ0) is 13.2. The third-order valence-corrected chi connectivity index (χ3v) is 5.37. The highest BCUT2D eigenvalue weighted by molar-refractivity contribution is 5.06. The maximum atomic E-state index is 6.74. The Labute approximate surface area is 111 Å². The van der Waals surface area contributed by atoms with Gasteiger partial charge in [0, 0.05) is 24.2 Å². The number of hydrogen-bond acceptors (Lipinski definition) is 4. The topological polar surface area (TPSA) is 104 Å². The van der Waals surface area contributed by atoms with E-state index in [1.807, 2.05) is 0 Å². The van der Waals surface area contributed by atoms with Crippen molar-refractivity contribution >= 4 is 0 Å². The fraction of sp³-hybridized carbons (Fsp3) is 1.00. The fourth-order valence-corrected chi connectivity index (χ4v) is 4.23. The molecule has 0 heterocycles. The Morgan fingerprint density at radius 1 is 0.778 bits per heavy atom. The lowest BCUT2D eigenvalue weighted by Gasteiger charge is -2.50. The predicted molar refractivity (Wildman–Crippen MR) is 75.8 cm³/mol. The average Bonchev–Trinajstić information content (AvgIpc) is 2.39. The highest BCUT2D eigenvalue weighted by Crippen LogP contribution is 2.40. The molecule has 2 aliphatic rings. The first-order valence-electron chi connectivity index (χ1n) is 7.59. The summed E-state index contributed by atoms with van der Waals surface area (Å²) in [7, 11) is 0. The summed E-state index contributed by atoms with van der Waals surface area (Å²) in [5.74, 6) is 0.704. The van der Waals surface area contributed by atoms with Crippen molar-refractivity contribution in [3.8, 4) is 0 Å². The van der Waals surface area contributed by atoms with Gasteiger partial charge in [-0.3, -0.25) is 0 Å². The summed E-state index contributed by atoms with van der Waals surface area (Å²) in [6, 6.07) is 0.419. The first-order valence-corrected chi connectivity index (χ1v) is 7.59. The molecule has 2 aliphatic carbocycles. The Bertz CT molecular complexity index is 247. The smallest absolute Gasteiger partial charge is 0.0365 e. The first-order chi connectivity index (χ1) is 8.59. The molecule has 0 aromatic heterocycles. The number of hydrogen-bond donors (Lipinski definition) is 4. The van der Waals surface area contributed by atoms with Crippen molar-refractivity contribution in [3.05, 3.63) is 0 Å². The van der Waals surface area contributed by atoms with Crippen LogP contribution in [0.25, 0.3) is 0 Å². The molecule has 4 atom stereocenters. The van der Waals surface area contributed by atoms with E-state index in [0.29, 0.717) is 18.4 Å². The van der Waals surface area contributed by atoms with Gasteiger partial charge in [0.1, 0.15) is 0 Å². The first kappa shape index (κ1) is 14.3. The van der Waals surface area contributed by atoms with Crippen LogP contribution in [0.3, 0.4) is 0 Å². The molecule has 106 valence electrons. The summed E-state index contributed by atoms with van der Waals surface area (Å²) in [4.78, 5) is 0. The zero-order valence-corrected chi connectivity index (χ0v) is 11.5. The van der Waals surface area contributed by atoms with Crippen molar-refractivity contribution in [1.29, 1.82) is 0 Å². The standard InChI is InChI=1S/C14H30N4/c15-9-14(18,10-5-1-3-7-12(10)16)11-6-2-4-8-13(11)17/h10-13H,1-9,15-18H2/t10-,11-,12-,13-/m1/s1. The second-order valence-electron chi connectivity index (χ2n) is 6.43. The molecule has 2 fully saturated rings. The van der Waals surface area contributed by atoms with Crippen LogP contribution >= 0.6 is 0 Å². The Balaban J connectivity index is 2.16. The van der Waals surface area contributed by atoms with E-state index >= 15 is 0 Å². The third-order valence-electron chi connectivity index (χ3n) is 5.37. The van der Waals surface area contributed by atoms with E-state index in [9.17, 15) is 0 Å². The van der Waals surface area contributed by atoms with Gasteiger partial charge in [-0.15, -0.1) is 0 Å². The summed E-state index contributed by atoms with van der Waals surface area (Å²) < 4.78 is 0. The molecule has 4 nitrogen and oxygen atoms in total. The maximum Gasteiger partial charge on any atom is 0.0365 e. The molecule has 18 heavy (non-hydrogen) atoms. The molecule has 0 spiro atoms. The molecule has 0 bridgehead atoms. The van der Waals surface area contributed by atoms with Gasteiger partial charge < -0.3 is 22.9 Å². The van der Waals surface area contributed by atoms with Crippen LogP contribution in [0, 0.1) is 11.8 Å². The minimum Gasteiger partial charge on any atom is -0.329 e. The summed E-state index contributed by atoms with van der Waals surface area (Å²) in [5, 5.41) is 0. The Hall–Kier alpha value is -0.160. The van der Waals surface area contributed by atoms with Gasteiger partial charge in [0.05, 0.1) is 0 Å². The van der Waals surface area contributed by atoms with Crippen LogP contribution < -0.4 is 22.9 Å². The van der Waals surface area contributed by atoms with Crippen LogP contribution in [-0.2, 0) is 0 Å². The molecule has 4 heteroatoms. The third kappa shape index (κ3) is 2.57. The Kier molecular flexibility index (Phi) is 4.64. The van der Waals surface area contributed by atoms with E-state index in [1.54, 1.807) is 0 Å². The molecule has 0 radical (unpaired) electrons. The Morgan fingerprint density at radius 3 is 1.50 bits per heavy atom. The van der Waals surface area contributed by atoms with Crippen molar-refractivity contribution in [2.75, 3.05) is 6.54 Å². The van der Waals surface area contributed by atoms with Gasteiger partial charge in [-0.2, -0.15) is 0 Å². The van der Waals surface area contributed by atoms with Crippen LogP contribution in [0.15, 0.2) is 0 Å². The average molecular weight is 254 g/mol. The van der Waals surface area contributed by atoms with Gasteiger partial charge in [0.25, 0.3) is 0 Å².